The van der Waals surface area contributed by atoms with Gasteiger partial charge < -0.3 is 11.1 Å². The Kier molecular flexibility index (Phi) is 3.76. The van der Waals surface area contributed by atoms with Crippen molar-refractivity contribution in [1.82, 2.24) is 4.98 Å². The summed E-state index contributed by atoms with van der Waals surface area (Å²) in [7, 11) is 0. The summed E-state index contributed by atoms with van der Waals surface area (Å²) < 4.78 is 0.744. The summed E-state index contributed by atoms with van der Waals surface area (Å²) in [5.74, 6) is 0.405. The van der Waals surface area contributed by atoms with Gasteiger partial charge in [-0.2, -0.15) is 0 Å². The van der Waals surface area contributed by atoms with Crippen LogP contribution in [-0.4, -0.2) is 4.98 Å². The molecule has 0 amide bonds. The molecule has 3 nitrogen and oxygen atoms in total. The molecule has 3 N–H and O–H groups in total. The number of nitrogens with one attached hydrogen (secondary N) is 1. The van der Waals surface area contributed by atoms with Gasteiger partial charge in [0.25, 0.3) is 0 Å². The molecule has 1 aromatic carbocycles. The van der Waals surface area contributed by atoms with Crippen LogP contribution in [0.15, 0.2) is 34.9 Å². The Bertz CT molecular complexity index is 560. The maximum Gasteiger partial charge on any atom is 0.147 e. The molecule has 0 atom stereocenters. The Morgan fingerprint density at radius 3 is 2.59 bits per heavy atom. The van der Waals surface area contributed by atoms with Crippen LogP contribution < -0.4 is 11.1 Å². The molecule has 1 aromatic heterocycles. The van der Waals surface area contributed by atoms with Crippen LogP contribution in [0.5, 0.6) is 0 Å². The van der Waals surface area contributed by atoms with Crippen molar-refractivity contribution in [2.75, 3.05) is 11.1 Å². The number of hydrogen-bond donors (Lipinski definition) is 2. The van der Waals surface area contributed by atoms with Gasteiger partial charge in [-0.1, -0.05) is 23.2 Å². The largest absolute Gasteiger partial charge is 0.382 e. The summed E-state index contributed by atoms with van der Waals surface area (Å²) in [6, 6.07) is 7.22. The lowest BCUT2D eigenvalue weighted by Gasteiger charge is -2.11. The van der Waals surface area contributed by atoms with Crippen LogP contribution in [0.1, 0.15) is 0 Å². The van der Waals surface area contributed by atoms with E-state index in [-0.39, 0.29) is 0 Å². The zero-order valence-electron chi connectivity index (χ0n) is 8.55. The van der Waals surface area contributed by atoms with E-state index < -0.39 is 0 Å². The highest BCUT2D eigenvalue weighted by Gasteiger charge is 2.09. The lowest BCUT2D eigenvalue weighted by molar-refractivity contribution is 1.33. The standard InChI is InChI=1S/C11H8BrCl2N3/c12-6-3-4-7(10(14)9(6)13)17-8-2-1-5-16-11(8)15/h1-5,17H,(H2,15,16). The molecular weight excluding hydrogens is 325 g/mol. The Labute approximate surface area is 117 Å². The molecule has 88 valence electrons. The molecule has 2 aromatic rings. The number of halogens is 3. The minimum absolute atomic E-state index is 0.405. The normalized spacial score (nSPS) is 10.3. The second kappa shape index (κ2) is 5.12. The minimum Gasteiger partial charge on any atom is -0.382 e. The summed E-state index contributed by atoms with van der Waals surface area (Å²) in [5.41, 5.74) is 7.10. The summed E-state index contributed by atoms with van der Waals surface area (Å²) in [6.45, 7) is 0. The van der Waals surface area contributed by atoms with E-state index in [9.17, 15) is 0 Å². The molecule has 0 fully saturated rings. The zero-order valence-corrected chi connectivity index (χ0v) is 11.6. The van der Waals surface area contributed by atoms with Crippen LogP contribution >= 0.6 is 39.1 Å². The molecule has 17 heavy (non-hydrogen) atoms. The molecule has 1 heterocycles. The van der Waals surface area contributed by atoms with Gasteiger partial charge in [0, 0.05) is 10.7 Å². The van der Waals surface area contributed by atoms with E-state index in [0.29, 0.717) is 27.2 Å². The van der Waals surface area contributed by atoms with Crippen LogP contribution in [0.4, 0.5) is 17.2 Å². The molecule has 0 aliphatic rings. The monoisotopic (exact) mass is 331 g/mol. The van der Waals surface area contributed by atoms with E-state index in [1.807, 2.05) is 18.2 Å². The number of rotatable bonds is 2. The second-order valence-electron chi connectivity index (χ2n) is 3.28. The highest BCUT2D eigenvalue weighted by atomic mass is 79.9. The first-order chi connectivity index (χ1) is 8.09. The molecule has 0 saturated carbocycles. The Morgan fingerprint density at radius 2 is 1.88 bits per heavy atom. The number of pyridine rings is 1. The van der Waals surface area contributed by atoms with Crippen molar-refractivity contribution >= 4 is 56.3 Å². The maximum atomic E-state index is 6.12. The van der Waals surface area contributed by atoms with Crippen LogP contribution in [0, 0.1) is 0 Å². The van der Waals surface area contributed by atoms with E-state index in [2.05, 4.69) is 26.2 Å². The number of nitrogens with two attached hydrogens (primary N) is 1. The molecule has 0 unspecified atom stereocenters. The fourth-order valence-corrected chi connectivity index (χ4v) is 2.11. The molecule has 6 heteroatoms. The lowest BCUT2D eigenvalue weighted by atomic mass is 10.3. The molecule has 0 aliphatic heterocycles. The summed E-state index contributed by atoms with van der Waals surface area (Å²) in [6.07, 6.45) is 1.62. The van der Waals surface area contributed by atoms with E-state index in [1.165, 1.54) is 0 Å². The number of anilines is 3. The zero-order chi connectivity index (χ0) is 12.4. The third kappa shape index (κ3) is 2.65. The summed E-state index contributed by atoms with van der Waals surface area (Å²) >= 11 is 15.4. The van der Waals surface area contributed by atoms with Gasteiger partial charge >= 0.3 is 0 Å². The van der Waals surface area contributed by atoms with Crippen molar-refractivity contribution in [2.45, 2.75) is 0 Å². The lowest BCUT2D eigenvalue weighted by Crippen LogP contribution is -1.98. The number of hydrogen-bond acceptors (Lipinski definition) is 3. The Morgan fingerprint density at radius 1 is 1.12 bits per heavy atom. The van der Waals surface area contributed by atoms with E-state index in [0.717, 1.165) is 4.47 Å². The van der Waals surface area contributed by atoms with E-state index in [4.69, 9.17) is 28.9 Å². The van der Waals surface area contributed by atoms with Crippen molar-refractivity contribution in [1.29, 1.82) is 0 Å². The predicted molar refractivity (Wildman–Crippen MR) is 76.1 cm³/mol. The van der Waals surface area contributed by atoms with Crippen LogP contribution in [0.25, 0.3) is 0 Å². The predicted octanol–water partition coefficient (Wildman–Crippen LogP) is 4.48. The van der Waals surface area contributed by atoms with Crippen molar-refractivity contribution in [3.05, 3.63) is 45.0 Å². The first-order valence-corrected chi connectivity index (χ1v) is 6.25. The number of nitrogen functional groups attached to an aromatic ring is 1. The van der Waals surface area contributed by atoms with Gasteiger partial charge in [0.2, 0.25) is 0 Å². The Hall–Kier alpha value is -0.970. The average Bonchev–Trinajstić information content (AvgIpc) is 2.32. The van der Waals surface area contributed by atoms with Gasteiger partial charge in [-0.25, -0.2) is 4.98 Å². The van der Waals surface area contributed by atoms with Crippen LogP contribution in [0.2, 0.25) is 10.0 Å². The van der Waals surface area contributed by atoms with Crippen molar-refractivity contribution in [3.8, 4) is 0 Å². The molecular formula is C11H8BrCl2N3. The molecule has 0 radical (unpaired) electrons. The number of nitrogens with zero attached hydrogens (tertiary/aromatic N) is 1. The summed E-state index contributed by atoms with van der Waals surface area (Å²) in [4.78, 5) is 3.97. The first-order valence-electron chi connectivity index (χ1n) is 4.70. The van der Waals surface area contributed by atoms with Gasteiger partial charge in [-0.05, 0) is 40.2 Å². The van der Waals surface area contributed by atoms with Crippen LogP contribution in [0.3, 0.4) is 0 Å². The van der Waals surface area contributed by atoms with Gasteiger partial charge in [0.1, 0.15) is 5.82 Å². The topological polar surface area (TPSA) is 50.9 Å². The third-order valence-electron chi connectivity index (χ3n) is 2.14. The second-order valence-corrected chi connectivity index (χ2v) is 4.89. The van der Waals surface area contributed by atoms with Crippen molar-refractivity contribution < 1.29 is 0 Å². The number of aromatic nitrogens is 1. The van der Waals surface area contributed by atoms with Gasteiger partial charge in [-0.15, -0.1) is 0 Å². The maximum absolute atomic E-state index is 6.12. The molecule has 0 aliphatic carbocycles. The quantitative estimate of drug-likeness (QED) is 0.797. The summed E-state index contributed by atoms with van der Waals surface area (Å²) in [5, 5.41) is 3.98. The first kappa shape index (κ1) is 12.5. The Balaban J connectivity index is 2.38. The highest BCUT2D eigenvalue weighted by molar-refractivity contribution is 9.10. The molecule has 0 spiro atoms. The van der Waals surface area contributed by atoms with Gasteiger partial charge in [0.15, 0.2) is 0 Å². The molecule has 2 rings (SSSR count). The number of benzene rings is 1. The molecule has 0 saturated heterocycles. The van der Waals surface area contributed by atoms with Crippen LogP contribution in [-0.2, 0) is 0 Å². The highest BCUT2D eigenvalue weighted by Crippen LogP contribution is 2.37. The van der Waals surface area contributed by atoms with Gasteiger partial charge in [0.05, 0.1) is 21.4 Å². The average molecular weight is 333 g/mol. The van der Waals surface area contributed by atoms with Gasteiger partial charge in [-0.3, -0.25) is 0 Å². The SMILES string of the molecule is Nc1ncccc1Nc1ccc(Br)c(Cl)c1Cl. The van der Waals surface area contributed by atoms with Crippen molar-refractivity contribution in [3.63, 3.8) is 0 Å². The minimum atomic E-state index is 0.405. The molecule has 0 bridgehead atoms. The fraction of sp³-hybridized carbons (Fsp3) is 0. The smallest absolute Gasteiger partial charge is 0.147 e. The van der Waals surface area contributed by atoms with E-state index >= 15 is 0 Å². The van der Waals surface area contributed by atoms with E-state index in [1.54, 1.807) is 12.3 Å². The van der Waals surface area contributed by atoms with Crippen molar-refractivity contribution in [2.24, 2.45) is 0 Å². The third-order valence-corrected chi connectivity index (χ3v) is 3.91. The fourth-order valence-electron chi connectivity index (χ4n) is 1.29.